The van der Waals surface area contributed by atoms with E-state index in [4.69, 9.17) is 18.9 Å². The zero-order chi connectivity index (χ0) is 27.5. The second kappa shape index (κ2) is 11.4. The number of hydrogen-bond donors (Lipinski definition) is 1. The van der Waals surface area contributed by atoms with Crippen LogP contribution in [0.5, 0.6) is 17.2 Å². The predicted molar refractivity (Wildman–Crippen MR) is 149 cm³/mol. The summed E-state index contributed by atoms with van der Waals surface area (Å²) in [7, 11) is 4.63. The SMILES string of the molecule is COc1cc([C@H]2C(C(=O)OCc3ccccc3)=C(C)NC3=C2C(=O)C[C@H](c2cccs2)C3)cc(OC)c1OC. The van der Waals surface area contributed by atoms with Gasteiger partial charge in [0.25, 0.3) is 0 Å². The van der Waals surface area contributed by atoms with Crippen LogP contribution in [0.4, 0.5) is 0 Å². The number of methoxy groups -OCH3 is 3. The molecule has 0 fully saturated rings. The lowest BCUT2D eigenvalue weighted by Gasteiger charge is -2.36. The van der Waals surface area contributed by atoms with Crippen LogP contribution in [0.1, 0.15) is 47.6 Å². The monoisotopic (exact) mass is 545 g/mol. The van der Waals surface area contributed by atoms with Crippen LogP contribution in [0.2, 0.25) is 0 Å². The first kappa shape index (κ1) is 26.6. The first-order chi connectivity index (χ1) is 18.9. The van der Waals surface area contributed by atoms with Crippen molar-refractivity contribution in [2.24, 2.45) is 0 Å². The van der Waals surface area contributed by atoms with Crippen LogP contribution < -0.4 is 19.5 Å². The summed E-state index contributed by atoms with van der Waals surface area (Å²) >= 11 is 1.66. The maximum absolute atomic E-state index is 13.8. The number of carbonyl (C=O) groups excluding carboxylic acids is 2. The van der Waals surface area contributed by atoms with Crippen LogP contribution in [-0.4, -0.2) is 33.1 Å². The van der Waals surface area contributed by atoms with Gasteiger partial charge in [0.1, 0.15) is 6.61 Å². The number of rotatable bonds is 8. The Labute approximate surface area is 232 Å². The summed E-state index contributed by atoms with van der Waals surface area (Å²) in [6, 6.07) is 17.2. The molecule has 39 heavy (non-hydrogen) atoms. The highest BCUT2D eigenvalue weighted by atomic mass is 32.1. The largest absolute Gasteiger partial charge is 0.493 e. The van der Waals surface area contributed by atoms with Crippen molar-refractivity contribution < 1.29 is 28.5 Å². The van der Waals surface area contributed by atoms with Crippen molar-refractivity contribution in [3.8, 4) is 17.2 Å². The Bertz CT molecular complexity index is 1420. The minimum Gasteiger partial charge on any atom is -0.493 e. The summed E-state index contributed by atoms with van der Waals surface area (Å²) < 4.78 is 22.5. The van der Waals surface area contributed by atoms with Gasteiger partial charge in [0.05, 0.1) is 26.9 Å². The maximum atomic E-state index is 13.8. The Morgan fingerprint density at radius 1 is 0.974 bits per heavy atom. The third-order valence-electron chi connectivity index (χ3n) is 7.23. The van der Waals surface area contributed by atoms with Crippen LogP contribution in [0, 0.1) is 0 Å². The standard InChI is InChI=1S/C31H31NO6S/c1-18-27(31(34)38-17-19-9-6-5-7-10-19)28(21-15-24(35-2)30(37-4)25(16-21)36-3)29-22(32-18)13-20(14-23(29)33)26-11-8-12-39-26/h5-12,15-16,20,28,32H,13-14,17H2,1-4H3/t20-,28+/m1/s1. The van der Waals surface area contributed by atoms with Gasteiger partial charge in [-0.2, -0.15) is 0 Å². The molecule has 1 N–H and O–H groups in total. The minimum atomic E-state index is -0.657. The summed E-state index contributed by atoms with van der Waals surface area (Å²) in [5.74, 6) is 0.278. The zero-order valence-corrected chi connectivity index (χ0v) is 23.2. The lowest BCUT2D eigenvalue weighted by molar-refractivity contribution is -0.140. The topological polar surface area (TPSA) is 83.1 Å². The molecule has 8 heteroatoms. The summed E-state index contributed by atoms with van der Waals surface area (Å²) in [5.41, 5.74) is 4.03. The van der Waals surface area contributed by atoms with Crippen molar-refractivity contribution in [2.75, 3.05) is 21.3 Å². The molecule has 0 amide bonds. The number of esters is 1. The molecule has 1 aliphatic carbocycles. The van der Waals surface area contributed by atoms with Gasteiger partial charge >= 0.3 is 5.97 Å². The summed E-state index contributed by atoms with van der Waals surface area (Å²) in [6.45, 7) is 1.98. The maximum Gasteiger partial charge on any atom is 0.337 e. The van der Waals surface area contributed by atoms with E-state index in [0.717, 1.165) is 11.3 Å². The minimum absolute atomic E-state index is 0.00163. The van der Waals surface area contributed by atoms with E-state index in [9.17, 15) is 9.59 Å². The molecule has 1 aliphatic heterocycles. The molecule has 2 heterocycles. The molecule has 0 saturated carbocycles. The highest BCUT2D eigenvalue weighted by Crippen LogP contribution is 2.49. The first-order valence-electron chi connectivity index (χ1n) is 12.7. The molecule has 2 aromatic carbocycles. The number of allylic oxidation sites excluding steroid dienone is 3. The molecule has 3 aromatic rings. The predicted octanol–water partition coefficient (Wildman–Crippen LogP) is 5.88. The molecule has 0 radical (unpaired) electrons. The van der Waals surface area contributed by atoms with Gasteiger partial charge < -0.3 is 24.3 Å². The zero-order valence-electron chi connectivity index (χ0n) is 22.4. The molecule has 2 aliphatic rings. The van der Waals surface area contributed by atoms with Gasteiger partial charge in [-0.25, -0.2) is 4.79 Å². The van der Waals surface area contributed by atoms with Gasteiger partial charge in [0.2, 0.25) is 5.75 Å². The van der Waals surface area contributed by atoms with Crippen molar-refractivity contribution in [2.45, 2.75) is 38.2 Å². The van der Waals surface area contributed by atoms with Crippen LogP contribution >= 0.6 is 11.3 Å². The van der Waals surface area contributed by atoms with Gasteiger partial charge in [-0.15, -0.1) is 11.3 Å². The lowest BCUT2D eigenvalue weighted by atomic mass is 9.72. The molecule has 5 rings (SSSR count). The summed E-state index contributed by atoms with van der Waals surface area (Å²) in [6.07, 6.45) is 1.04. The number of Topliss-reactive ketones (excluding diaryl/α,β-unsaturated/α-hetero) is 1. The van der Waals surface area contributed by atoms with Gasteiger partial charge in [-0.1, -0.05) is 36.4 Å². The molecular weight excluding hydrogens is 514 g/mol. The highest BCUT2D eigenvalue weighted by molar-refractivity contribution is 7.10. The van der Waals surface area contributed by atoms with E-state index in [0.29, 0.717) is 52.5 Å². The van der Waals surface area contributed by atoms with Crippen molar-refractivity contribution >= 4 is 23.1 Å². The van der Waals surface area contributed by atoms with E-state index < -0.39 is 11.9 Å². The highest BCUT2D eigenvalue weighted by Gasteiger charge is 2.42. The summed E-state index contributed by atoms with van der Waals surface area (Å²) in [4.78, 5) is 28.7. The number of carbonyl (C=O) groups is 2. The molecule has 1 aromatic heterocycles. The Balaban J connectivity index is 1.60. The van der Waals surface area contributed by atoms with Crippen LogP contribution in [0.3, 0.4) is 0 Å². The quantitative estimate of drug-likeness (QED) is 0.354. The molecule has 0 spiro atoms. The number of ketones is 1. The number of ether oxygens (including phenoxy) is 4. The Morgan fingerprint density at radius 2 is 1.69 bits per heavy atom. The van der Waals surface area contributed by atoms with E-state index in [1.165, 1.54) is 12.0 Å². The Morgan fingerprint density at radius 3 is 2.31 bits per heavy atom. The fourth-order valence-corrected chi connectivity index (χ4v) is 6.27. The number of nitrogens with one attached hydrogen (secondary N) is 1. The number of dihydropyridines is 1. The number of hydrogen-bond acceptors (Lipinski definition) is 8. The third-order valence-corrected chi connectivity index (χ3v) is 8.26. The van der Waals surface area contributed by atoms with E-state index in [1.807, 2.05) is 48.7 Å². The van der Waals surface area contributed by atoms with Crippen LogP contribution in [0.25, 0.3) is 0 Å². The third kappa shape index (κ3) is 5.16. The van der Waals surface area contributed by atoms with Gasteiger partial charge in [0, 0.05) is 40.1 Å². The molecule has 7 nitrogen and oxygen atoms in total. The van der Waals surface area contributed by atoms with Crippen molar-refractivity contribution in [1.29, 1.82) is 0 Å². The smallest absolute Gasteiger partial charge is 0.337 e. The Hall–Kier alpha value is -4.04. The van der Waals surface area contributed by atoms with Gasteiger partial charge in [0.15, 0.2) is 17.3 Å². The normalized spacial score (nSPS) is 18.8. The van der Waals surface area contributed by atoms with E-state index in [-0.39, 0.29) is 18.3 Å². The molecule has 0 bridgehead atoms. The molecule has 0 saturated heterocycles. The fourth-order valence-electron chi connectivity index (χ4n) is 5.44. The second-order valence-electron chi connectivity index (χ2n) is 9.55. The average Bonchev–Trinajstić information content (AvgIpc) is 3.50. The summed E-state index contributed by atoms with van der Waals surface area (Å²) in [5, 5.41) is 5.43. The molecule has 202 valence electrons. The van der Waals surface area contributed by atoms with Gasteiger partial charge in [-0.05, 0) is 48.1 Å². The average molecular weight is 546 g/mol. The first-order valence-corrected chi connectivity index (χ1v) is 13.6. The second-order valence-corrected chi connectivity index (χ2v) is 10.5. The van der Waals surface area contributed by atoms with Gasteiger partial charge in [-0.3, -0.25) is 4.79 Å². The fraction of sp³-hybridized carbons (Fsp3) is 0.290. The molecular formula is C31H31NO6S. The molecule has 2 atom stereocenters. The Kier molecular flexibility index (Phi) is 7.74. The molecule has 0 unspecified atom stereocenters. The van der Waals surface area contributed by atoms with E-state index in [1.54, 1.807) is 37.7 Å². The van der Waals surface area contributed by atoms with Crippen molar-refractivity contribution in [3.05, 3.63) is 98.5 Å². The number of thiophene rings is 1. The van der Waals surface area contributed by atoms with Crippen LogP contribution in [0.15, 0.2) is 82.5 Å². The lowest BCUT2D eigenvalue weighted by Crippen LogP contribution is -2.36. The number of benzene rings is 2. The van der Waals surface area contributed by atoms with Crippen molar-refractivity contribution in [1.82, 2.24) is 5.32 Å². The van der Waals surface area contributed by atoms with E-state index in [2.05, 4.69) is 11.4 Å². The van der Waals surface area contributed by atoms with Crippen LogP contribution in [-0.2, 0) is 20.9 Å². The van der Waals surface area contributed by atoms with E-state index >= 15 is 0 Å². The van der Waals surface area contributed by atoms with Crippen molar-refractivity contribution in [3.63, 3.8) is 0 Å².